The summed E-state index contributed by atoms with van der Waals surface area (Å²) in [7, 11) is 0. The number of hydrogen-bond acceptors (Lipinski definition) is 2. The highest BCUT2D eigenvalue weighted by Crippen LogP contribution is 2.29. The van der Waals surface area contributed by atoms with Crippen LogP contribution in [0.15, 0.2) is 15.2 Å². The van der Waals surface area contributed by atoms with Gasteiger partial charge in [-0.25, -0.2) is 0 Å². The van der Waals surface area contributed by atoms with Crippen molar-refractivity contribution in [1.29, 1.82) is 0 Å². The lowest BCUT2D eigenvalue weighted by molar-refractivity contribution is 0.471. The first-order chi connectivity index (χ1) is 7.24. The molecule has 84 valence electrons. The van der Waals surface area contributed by atoms with Crippen molar-refractivity contribution in [2.24, 2.45) is 11.8 Å². The van der Waals surface area contributed by atoms with Crippen molar-refractivity contribution in [2.75, 3.05) is 6.54 Å². The minimum absolute atomic E-state index is 0.919. The number of halogens is 1. The molecule has 2 atom stereocenters. The second kappa shape index (κ2) is 5.46. The molecule has 1 aliphatic carbocycles. The molecule has 0 spiro atoms. The first-order valence-electron chi connectivity index (χ1n) is 5.67. The van der Waals surface area contributed by atoms with Gasteiger partial charge >= 0.3 is 0 Å². The molecule has 1 nitrogen and oxygen atoms in total. The van der Waals surface area contributed by atoms with Crippen LogP contribution in [0.2, 0.25) is 0 Å². The molecule has 0 amide bonds. The summed E-state index contributed by atoms with van der Waals surface area (Å²) in [5, 5.41) is 5.78. The zero-order valence-electron chi connectivity index (χ0n) is 9.13. The Hall–Kier alpha value is 0.140. The van der Waals surface area contributed by atoms with Gasteiger partial charge in [0.05, 0.1) is 3.79 Å². The van der Waals surface area contributed by atoms with Gasteiger partial charge in [-0.15, -0.1) is 11.3 Å². The van der Waals surface area contributed by atoms with Gasteiger partial charge in [0, 0.05) is 6.54 Å². The quantitative estimate of drug-likeness (QED) is 0.881. The van der Waals surface area contributed by atoms with Crippen LogP contribution in [-0.2, 0) is 6.54 Å². The van der Waals surface area contributed by atoms with Crippen LogP contribution in [0, 0.1) is 11.8 Å². The third kappa shape index (κ3) is 3.58. The maximum Gasteiger partial charge on any atom is 0.0701 e. The summed E-state index contributed by atoms with van der Waals surface area (Å²) in [4.78, 5) is 0. The van der Waals surface area contributed by atoms with Gasteiger partial charge in [0.25, 0.3) is 0 Å². The second-order valence-electron chi connectivity index (χ2n) is 4.67. The molecule has 2 unspecified atom stereocenters. The Labute approximate surface area is 104 Å². The minimum atomic E-state index is 0.919. The van der Waals surface area contributed by atoms with Gasteiger partial charge in [-0.2, -0.15) is 0 Å². The van der Waals surface area contributed by atoms with Crippen LogP contribution in [0.4, 0.5) is 0 Å². The molecule has 1 N–H and O–H groups in total. The largest absolute Gasteiger partial charge is 0.312 e. The van der Waals surface area contributed by atoms with E-state index in [1.807, 2.05) is 0 Å². The van der Waals surface area contributed by atoms with Gasteiger partial charge < -0.3 is 5.32 Å². The number of hydrogen-bond donors (Lipinski definition) is 1. The van der Waals surface area contributed by atoms with Crippen molar-refractivity contribution < 1.29 is 0 Å². The van der Waals surface area contributed by atoms with Crippen LogP contribution in [-0.4, -0.2) is 6.54 Å². The molecular formula is C12H18BrNS. The summed E-state index contributed by atoms with van der Waals surface area (Å²) < 4.78 is 1.23. The molecule has 0 saturated heterocycles. The van der Waals surface area contributed by atoms with Crippen LogP contribution >= 0.6 is 27.3 Å². The van der Waals surface area contributed by atoms with Gasteiger partial charge in [0.2, 0.25) is 0 Å². The summed E-state index contributed by atoms with van der Waals surface area (Å²) in [6.45, 7) is 4.58. The van der Waals surface area contributed by atoms with Crippen molar-refractivity contribution in [3.8, 4) is 0 Å². The Morgan fingerprint density at radius 3 is 3.00 bits per heavy atom. The molecule has 1 fully saturated rings. The van der Waals surface area contributed by atoms with E-state index in [4.69, 9.17) is 0 Å². The standard InChI is InChI=1S/C12H18BrNS/c1-9-2-3-10(4-9)6-14-7-11-5-12(13)15-8-11/h5,8-10,14H,2-4,6-7H2,1H3. The summed E-state index contributed by atoms with van der Waals surface area (Å²) in [6, 6.07) is 2.20. The van der Waals surface area contributed by atoms with Gasteiger partial charge in [-0.1, -0.05) is 13.3 Å². The predicted octanol–water partition coefficient (Wildman–Crippen LogP) is 4.04. The van der Waals surface area contributed by atoms with Crippen molar-refractivity contribution in [3.05, 3.63) is 20.8 Å². The molecule has 0 radical (unpaired) electrons. The van der Waals surface area contributed by atoms with Gasteiger partial charge in [0.1, 0.15) is 0 Å². The van der Waals surface area contributed by atoms with Crippen molar-refractivity contribution in [2.45, 2.75) is 32.7 Å². The first kappa shape index (κ1) is 11.6. The molecule has 1 aromatic rings. The van der Waals surface area contributed by atoms with Gasteiger partial charge in [-0.05, 0) is 64.2 Å². The highest BCUT2D eigenvalue weighted by molar-refractivity contribution is 9.11. The number of nitrogens with one attached hydrogen (secondary N) is 1. The SMILES string of the molecule is CC1CCC(CNCc2csc(Br)c2)C1. The van der Waals surface area contributed by atoms with E-state index in [1.54, 1.807) is 11.3 Å². The first-order valence-corrected chi connectivity index (χ1v) is 7.35. The Bertz CT molecular complexity index is 310. The summed E-state index contributed by atoms with van der Waals surface area (Å²) in [5.74, 6) is 1.87. The molecule has 3 heteroatoms. The Kier molecular flexibility index (Phi) is 4.23. The minimum Gasteiger partial charge on any atom is -0.312 e. The molecule has 0 bridgehead atoms. The van der Waals surface area contributed by atoms with Crippen molar-refractivity contribution in [1.82, 2.24) is 5.32 Å². The van der Waals surface area contributed by atoms with E-state index in [1.165, 1.54) is 35.2 Å². The summed E-state index contributed by atoms with van der Waals surface area (Å²) in [6.07, 6.45) is 4.26. The third-order valence-electron chi connectivity index (χ3n) is 3.19. The van der Waals surface area contributed by atoms with E-state index >= 15 is 0 Å². The van der Waals surface area contributed by atoms with Crippen LogP contribution in [0.25, 0.3) is 0 Å². The fourth-order valence-electron chi connectivity index (χ4n) is 2.37. The maximum absolute atomic E-state index is 3.56. The van der Waals surface area contributed by atoms with Crippen LogP contribution in [0.1, 0.15) is 31.7 Å². The molecule has 1 aromatic heterocycles. The predicted molar refractivity (Wildman–Crippen MR) is 70.2 cm³/mol. The lowest BCUT2D eigenvalue weighted by atomic mass is 10.1. The van der Waals surface area contributed by atoms with Crippen LogP contribution < -0.4 is 5.32 Å². The molecule has 15 heavy (non-hydrogen) atoms. The lowest BCUT2D eigenvalue weighted by Crippen LogP contribution is -2.20. The van der Waals surface area contributed by atoms with Crippen molar-refractivity contribution in [3.63, 3.8) is 0 Å². The zero-order chi connectivity index (χ0) is 10.7. The molecular weight excluding hydrogens is 270 g/mol. The number of rotatable bonds is 4. The Balaban J connectivity index is 1.67. The zero-order valence-corrected chi connectivity index (χ0v) is 11.5. The smallest absolute Gasteiger partial charge is 0.0701 e. The average Bonchev–Trinajstić information content (AvgIpc) is 2.76. The molecule has 1 aliphatic rings. The van der Waals surface area contributed by atoms with Crippen molar-refractivity contribution >= 4 is 27.3 Å². The summed E-state index contributed by atoms with van der Waals surface area (Å²) in [5.41, 5.74) is 1.40. The van der Waals surface area contributed by atoms with E-state index in [9.17, 15) is 0 Å². The Morgan fingerprint density at radius 2 is 2.40 bits per heavy atom. The highest BCUT2D eigenvalue weighted by atomic mass is 79.9. The van der Waals surface area contributed by atoms with Gasteiger partial charge in [0.15, 0.2) is 0 Å². The topological polar surface area (TPSA) is 12.0 Å². The highest BCUT2D eigenvalue weighted by Gasteiger charge is 2.20. The second-order valence-corrected chi connectivity index (χ2v) is 6.96. The lowest BCUT2D eigenvalue weighted by Gasteiger charge is -2.10. The molecule has 1 heterocycles. The van der Waals surface area contributed by atoms with E-state index in [2.05, 4.69) is 39.6 Å². The van der Waals surface area contributed by atoms with Crippen LogP contribution in [0.3, 0.4) is 0 Å². The molecule has 0 aromatic carbocycles. The summed E-state index contributed by atoms with van der Waals surface area (Å²) >= 11 is 5.25. The third-order valence-corrected chi connectivity index (χ3v) is 4.74. The van der Waals surface area contributed by atoms with E-state index in [-0.39, 0.29) is 0 Å². The molecule has 1 saturated carbocycles. The van der Waals surface area contributed by atoms with Crippen LogP contribution in [0.5, 0.6) is 0 Å². The fraction of sp³-hybridized carbons (Fsp3) is 0.667. The van der Waals surface area contributed by atoms with E-state index < -0.39 is 0 Å². The maximum atomic E-state index is 3.56. The Morgan fingerprint density at radius 1 is 1.53 bits per heavy atom. The molecule has 0 aliphatic heterocycles. The monoisotopic (exact) mass is 287 g/mol. The average molecular weight is 288 g/mol. The molecule has 2 rings (SSSR count). The van der Waals surface area contributed by atoms with Gasteiger partial charge in [-0.3, -0.25) is 0 Å². The fourth-order valence-corrected chi connectivity index (χ4v) is 3.58. The number of thiophene rings is 1. The van der Waals surface area contributed by atoms with E-state index in [0.717, 1.165) is 18.4 Å². The van der Waals surface area contributed by atoms with E-state index in [0.29, 0.717) is 0 Å². The normalized spacial score (nSPS) is 26.0.